The number of rotatable bonds is 3. The maximum atomic E-state index is 15.2. The Morgan fingerprint density at radius 2 is 1.80 bits per heavy atom. The number of hydrogen-bond donors (Lipinski definition) is 2. The third-order valence-corrected chi connectivity index (χ3v) is 4.06. The number of benzene rings is 2. The van der Waals surface area contributed by atoms with Crippen molar-refractivity contribution < 1.29 is 9.50 Å². The molecule has 2 heterocycles. The maximum Gasteiger partial charge on any atom is 0.254 e. The van der Waals surface area contributed by atoms with Crippen LogP contribution in [0, 0.1) is 5.95 Å². The highest BCUT2D eigenvalue weighted by Gasteiger charge is 2.20. The average Bonchev–Trinajstić information content (AvgIpc) is 2.87. The number of aromatic nitrogens is 3. The van der Waals surface area contributed by atoms with Crippen molar-refractivity contribution >= 4 is 10.9 Å². The van der Waals surface area contributed by atoms with Gasteiger partial charge in [0.25, 0.3) is 5.56 Å². The summed E-state index contributed by atoms with van der Waals surface area (Å²) in [6.07, 6.45) is 0. The lowest BCUT2D eigenvalue weighted by Crippen LogP contribution is -2.08. The molecule has 0 aliphatic heterocycles. The van der Waals surface area contributed by atoms with E-state index < -0.39 is 17.4 Å². The minimum atomic E-state index is -0.540. The van der Waals surface area contributed by atoms with E-state index in [0.717, 1.165) is 11.6 Å². The SMILES string of the molecule is O=c1cc(O)nc(-c2c(F)n(Cc3ccccc3)c3ccccc23)[nH]1. The molecule has 0 atom stereocenters. The molecule has 0 radical (unpaired) electrons. The van der Waals surface area contributed by atoms with Gasteiger partial charge in [-0.05, 0) is 11.6 Å². The number of aromatic amines is 1. The van der Waals surface area contributed by atoms with Crippen LogP contribution in [0.1, 0.15) is 5.56 Å². The summed E-state index contributed by atoms with van der Waals surface area (Å²) in [4.78, 5) is 18.0. The molecule has 0 saturated carbocycles. The predicted octanol–water partition coefficient (Wildman–Crippen LogP) is 3.28. The number of halogens is 1. The van der Waals surface area contributed by atoms with Crippen LogP contribution < -0.4 is 5.56 Å². The first-order chi connectivity index (χ1) is 12.1. The van der Waals surface area contributed by atoms with E-state index in [4.69, 9.17) is 0 Å². The quantitative estimate of drug-likeness (QED) is 0.603. The summed E-state index contributed by atoms with van der Waals surface area (Å²) in [6.45, 7) is 0.343. The van der Waals surface area contributed by atoms with Crippen molar-refractivity contribution in [3.05, 3.63) is 82.5 Å². The molecule has 0 spiro atoms. The minimum Gasteiger partial charge on any atom is -0.493 e. The van der Waals surface area contributed by atoms with Crippen LogP contribution in [0.5, 0.6) is 5.88 Å². The molecule has 0 fully saturated rings. The molecule has 2 aromatic heterocycles. The van der Waals surface area contributed by atoms with Gasteiger partial charge in [0.1, 0.15) is 5.82 Å². The molecule has 4 aromatic rings. The first-order valence-corrected chi connectivity index (χ1v) is 7.75. The standard InChI is InChI=1S/C19H14FN3O2/c20-18-17(19-21-15(24)10-16(25)22-19)13-8-4-5-9-14(13)23(18)11-12-6-2-1-3-7-12/h1-10H,11H2,(H2,21,22,24,25). The monoisotopic (exact) mass is 335 g/mol. The summed E-state index contributed by atoms with van der Waals surface area (Å²) in [7, 11) is 0. The van der Waals surface area contributed by atoms with Crippen LogP contribution in [0.25, 0.3) is 22.3 Å². The topological polar surface area (TPSA) is 70.9 Å². The summed E-state index contributed by atoms with van der Waals surface area (Å²) >= 11 is 0. The second kappa shape index (κ2) is 5.90. The zero-order chi connectivity index (χ0) is 17.4. The van der Waals surface area contributed by atoms with Gasteiger partial charge in [0, 0.05) is 5.39 Å². The molecular formula is C19H14FN3O2. The molecule has 0 unspecified atom stereocenters. The van der Waals surface area contributed by atoms with Gasteiger partial charge in [-0.25, -0.2) is 0 Å². The molecule has 0 bridgehead atoms. The van der Waals surface area contributed by atoms with E-state index in [0.29, 0.717) is 17.4 Å². The van der Waals surface area contributed by atoms with Crippen LogP contribution >= 0.6 is 0 Å². The first kappa shape index (κ1) is 15.1. The molecule has 0 aliphatic carbocycles. The van der Waals surface area contributed by atoms with Crippen molar-refractivity contribution in [2.45, 2.75) is 6.54 Å². The van der Waals surface area contributed by atoms with E-state index in [1.54, 1.807) is 12.1 Å². The number of fused-ring (bicyclic) bond motifs is 1. The third kappa shape index (κ3) is 2.67. The lowest BCUT2D eigenvalue weighted by atomic mass is 10.1. The Bertz CT molecular complexity index is 1120. The average molecular weight is 335 g/mol. The number of para-hydroxylation sites is 1. The van der Waals surface area contributed by atoms with Crippen molar-refractivity contribution in [3.8, 4) is 17.3 Å². The summed E-state index contributed by atoms with van der Waals surface area (Å²) in [5.41, 5.74) is 1.26. The summed E-state index contributed by atoms with van der Waals surface area (Å²) in [5.74, 6) is -0.956. The first-order valence-electron chi connectivity index (χ1n) is 7.75. The summed E-state index contributed by atoms with van der Waals surface area (Å²) < 4.78 is 16.8. The van der Waals surface area contributed by atoms with Gasteiger partial charge in [0.15, 0.2) is 0 Å². The third-order valence-electron chi connectivity index (χ3n) is 4.06. The van der Waals surface area contributed by atoms with Crippen LogP contribution in [0.3, 0.4) is 0 Å². The van der Waals surface area contributed by atoms with Crippen molar-refractivity contribution in [1.29, 1.82) is 0 Å². The molecular weight excluding hydrogens is 321 g/mol. The van der Waals surface area contributed by atoms with Gasteiger partial charge in [-0.3, -0.25) is 4.79 Å². The number of nitrogens with zero attached hydrogens (tertiary/aromatic N) is 2. The number of nitrogens with one attached hydrogen (secondary N) is 1. The molecule has 6 heteroatoms. The predicted molar refractivity (Wildman–Crippen MR) is 93.0 cm³/mol. The fourth-order valence-corrected chi connectivity index (χ4v) is 2.98. The van der Waals surface area contributed by atoms with Gasteiger partial charge in [-0.15, -0.1) is 0 Å². The fraction of sp³-hybridized carbons (Fsp3) is 0.0526. The van der Waals surface area contributed by atoms with Gasteiger partial charge in [0.05, 0.1) is 23.7 Å². The van der Waals surface area contributed by atoms with Crippen LogP contribution in [0.2, 0.25) is 0 Å². The Labute approximate surface area is 142 Å². The summed E-state index contributed by atoms with van der Waals surface area (Å²) in [6, 6.07) is 17.7. The highest BCUT2D eigenvalue weighted by molar-refractivity contribution is 5.94. The zero-order valence-corrected chi connectivity index (χ0v) is 13.1. The Balaban J connectivity index is 1.97. The Morgan fingerprint density at radius 3 is 2.56 bits per heavy atom. The minimum absolute atomic E-state index is 0.00510. The highest BCUT2D eigenvalue weighted by Crippen LogP contribution is 2.32. The Kier molecular flexibility index (Phi) is 3.57. The van der Waals surface area contributed by atoms with Crippen molar-refractivity contribution in [1.82, 2.24) is 14.5 Å². The summed E-state index contributed by atoms with van der Waals surface area (Å²) in [5, 5.41) is 10.2. The highest BCUT2D eigenvalue weighted by atomic mass is 19.1. The zero-order valence-electron chi connectivity index (χ0n) is 13.1. The lowest BCUT2D eigenvalue weighted by Gasteiger charge is -2.06. The van der Waals surface area contributed by atoms with E-state index in [2.05, 4.69) is 9.97 Å². The lowest BCUT2D eigenvalue weighted by molar-refractivity contribution is 0.451. The number of hydrogen-bond acceptors (Lipinski definition) is 3. The van der Waals surface area contributed by atoms with Crippen molar-refractivity contribution in [2.24, 2.45) is 0 Å². The largest absolute Gasteiger partial charge is 0.493 e. The van der Waals surface area contributed by atoms with E-state index in [1.807, 2.05) is 42.5 Å². The molecule has 0 amide bonds. The molecule has 2 aromatic carbocycles. The molecule has 2 N–H and O–H groups in total. The van der Waals surface area contributed by atoms with Gasteiger partial charge >= 0.3 is 0 Å². The molecule has 124 valence electrons. The van der Waals surface area contributed by atoms with Crippen LogP contribution in [0.4, 0.5) is 4.39 Å². The van der Waals surface area contributed by atoms with Crippen LogP contribution in [-0.4, -0.2) is 19.6 Å². The number of H-pyrrole nitrogens is 1. The van der Waals surface area contributed by atoms with Gasteiger partial charge in [-0.2, -0.15) is 9.37 Å². The molecule has 25 heavy (non-hydrogen) atoms. The maximum absolute atomic E-state index is 15.2. The second-order valence-electron chi connectivity index (χ2n) is 5.71. The number of aromatic hydroxyl groups is 1. The smallest absolute Gasteiger partial charge is 0.254 e. The normalized spacial score (nSPS) is 11.1. The van der Waals surface area contributed by atoms with E-state index in [9.17, 15) is 9.90 Å². The van der Waals surface area contributed by atoms with Gasteiger partial charge in [-0.1, -0.05) is 48.5 Å². The van der Waals surface area contributed by atoms with Gasteiger partial charge in [0.2, 0.25) is 11.8 Å². The molecule has 4 rings (SSSR count). The Hall–Kier alpha value is -3.41. The van der Waals surface area contributed by atoms with E-state index in [1.165, 1.54) is 4.57 Å². The van der Waals surface area contributed by atoms with Crippen molar-refractivity contribution in [3.63, 3.8) is 0 Å². The van der Waals surface area contributed by atoms with Gasteiger partial charge < -0.3 is 14.7 Å². The fourth-order valence-electron chi connectivity index (χ4n) is 2.98. The van der Waals surface area contributed by atoms with Crippen LogP contribution in [0.15, 0.2) is 65.5 Å². The molecule has 0 saturated heterocycles. The van der Waals surface area contributed by atoms with E-state index in [-0.39, 0.29) is 11.4 Å². The Morgan fingerprint density at radius 1 is 1.08 bits per heavy atom. The molecule has 5 nitrogen and oxygen atoms in total. The van der Waals surface area contributed by atoms with Crippen molar-refractivity contribution in [2.75, 3.05) is 0 Å². The van der Waals surface area contributed by atoms with Crippen LogP contribution in [-0.2, 0) is 6.54 Å². The second-order valence-corrected chi connectivity index (χ2v) is 5.71. The molecule has 0 aliphatic rings. The van der Waals surface area contributed by atoms with E-state index >= 15 is 4.39 Å².